The summed E-state index contributed by atoms with van der Waals surface area (Å²) >= 11 is 0. The number of aliphatic carboxylic acids is 1. The maximum atomic E-state index is 14.5. The largest absolute Gasteiger partial charge is 0.481 e. The highest BCUT2D eigenvalue weighted by Crippen LogP contribution is 2.42. The maximum Gasteiger partial charge on any atom is 0.355 e. The Bertz CT molecular complexity index is 3850. The van der Waals surface area contributed by atoms with E-state index >= 15 is 0 Å². The van der Waals surface area contributed by atoms with Crippen LogP contribution in [0.2, 0.25) is 0 Å². The van der Waals surface area contributed by atoms with Crippen molar-refractivity contribution < 1.29 is 67.4 Å². The number of rotatable bonds is 22. The lowest BCUT2D eigenvalue weighted by atomic mass is 9.85. The van der Waals surface area contributed by atoms with Gasteiger partial charge in [0, 0.05) is 48.0 Å². The molecule has 0 saturated carbocycles. The Morgan fingerprint density at radius 3 is 2.11 bits per heavy atom. The summed E-state index contributed by atoms with van der Waals surface area (Å²) in [6, 6.07) is 15.3. The first-order chi connectivity index (χ1) is 44.6. The third kappa shape index (κ3) is 17.1. The number of carbonyl (C=O) groups excluding carboxylic acids is 9. The zero-order chi connectivity index (χ0) is 68.2. The maximum absolute atomic E-state index is 14.5. The Labute approximate surface area is 540 Å². The number of guanidine groups is 1. The number of fused-ring (bicyclic) bond motifs is 5. The van der Waals surface area contributed by atoms with Crippen molar-refractivity contribution in [3.05, 3.63) is 134 Å². The van der Waals surface area contributed by atoms with Crippen molar-refractivity contribution in [3.63, 3.8) is 0 Å². The van der Waals surface area contributed by atoms with E-state index in [0.29, 0.717) is 44.7 Å². The van der Waals surface area contributed by atoms with Crippen molar-refractivity contribution in [2.45, 2.75) is 154 Å². The molecule has 29 nitrogen and oxygen atoms in total. The number of esters is 2. The van der Waals surface area contributed by atoms with Gasteiger partial charge in [0.1, 0.15) is 42.4 Å². The molecule has 1 unspecified atom stereocenters. The Hall–Kier alpha value is -10.6. The number of hydrogen-bond acceptors (Lipinski definition) is 18. The van der Waals surface area contributed by atoms with E-state index in [9.17, 15) is 57.8 Å². The van der Waals surface area contributed by atoms with Crippen LogP contribution in [0.1, 0.15) is 113 Å². The minimum Gasteiger partial charge on any atom is -0.481 e. The minimum absolute atomic E-state index is 0.0368. The molecule has 29 heteroatoms. The zero-order valence-corrected chi connectivity index (χ0v) is 52.8. The molecule has 3 aliphatic rings. The number of carboxylic acid groups (broad SMARTS) is 1. The molecule has 0 spiro atoms. The van der Waals surface area contributed by atoms with Crippen LogP contribution in [0.15, 0.2) is 94.9 Å². The van der Waals surface area contributed by atoms with Crippen LogP contribution in [0.25, 0.3) is 22.3 Å². The summed E-state index contributed by atoms with van der Waals surface area (Å²) in [5.41, 5.74) is 13.1. The van der Waals surface area contributed by atoms with Crippen molar-refractivity contribution in [3.8, 4) is 11.4 Å². The highest BCUT2D eigenvalue weighted by molar-refractivity contribution is 6.03. The highest BCUT2D eigenvalue weighted by atomic mass is 16.6. The van der Waals surface area contributed by atoms with Gasteiger partial charge in [-0.3, -0.25) is 48.6 Å². The Morgan fingerprint density at radius 2 is 1.47 bits per heavy atom. The van der Waals surface area contributed by atoms with Crippen molar-refractivity contribution in [2.24, 2.45) is 22.5 Å². The molecule has 5 aromatic rings. The molecular weight excluding hydrogens is 1220 g/mol. The number of nitrogens with zero attached hydrogens (tertiary/aromatic N) is 3. The molecule has 14 N–H and O–H groups in total. The smallest absolute Gasteiger partial charge is 0.355 e. The van der Waals surface area contributed by atoms with Crippen LogP contribution in [-0.4, -0.2) is 141 Å². The molecule has 0 aliphatic carbocycles. The monoisotopic (exact) mass is 1290 g/mol. The molecule has 0 bridgehead atoms. The lowest BCUT2D eigenvalue weighted by Crippen LogP contribution is -2.58. The summed E-state index contributed by atoms with van der Waals surface area (Å²) in [6.45, 7) is 9.46. The molecule has 8 rings (SSSR count). The van der Waals surface area contributed by atoms with E-state index in [1.165, 1.54) is 4.57 Å². The zero-order valence-electron chi connectivity index (χ0n) is 52.8. The molecule has 2 aromatic heterocycles. The van der Waals surface area contributed by atoms with Crippen LogP contribution in [0.4, 0.5) is 0 Å². The second-order valence-corrected chi connectivity index (χ2v) is 24.4. The number of carbonyl (C=O) groups is 10. The number of amides is 7. The minimum atomic E-state index is -2.13. The first-order valence-corrected chi connectivity index (χ1v) is 30.7. The molecule has 0 radical (unpaired) electrons. The molecule has 7 amide bonds. The van der Waals surface area contributed by atoms with Gasteiger partial charge in [-0.15, -0.1) is 0 Å². The molecule has 5 heterocycles. The summed E-state index contributed by atoms with van der Waals surface area (Å²) in [5.74, 6) is -10.4. The Morgan fingerprint density at radius 1 is 0.840 bits per heavy atom. The number of hydrogen-bond donors (Lipinski definition) is 12. The van der Waals surface area contributed by atoms with Crippen LogP contribution in [-0.2, 0) is 100 Å². The van der Waals surface area contributed by atoms with Crippen molar-refractivity contribution in [2.75, 3.05) is 13.1 Å². The summed E-state index contributed by atoms with van der Waals surface area (Å²) in [4.78, 5) is 162. The van der Waals surface area contributed by atoms with Gasteiger partial charge in [-0.05, 0) is 74.8 Å². The van der Waals surface area contributed by atoms with Gasteiger partial charge in [0.15, 0.2) is 5.96 Å². The predicted molar refractivity (Wildman–Crippen MR) is 340 cm³/mol. The van der Waals surface area contributed by atoms with Crippen LogP contribution in [0, 0.1) is 11.3 Å². The van der Waals surface area contributed by atoms with E-state index in [0.717, 1.165) is 5.39 Å². The normalized spacial score (nSPS) is 19.8. The van der Waals surface area contributed by atoms with Crippen molar-refractivity contribution in [1.29, 1.82) is 5.41 Å². The number of carboxylic acids is 1. The van der Waals surface area contributed by atoms with Gasteiger partial charge in [0.05, 0.1) is 60.7 Å². The highest BCUT2D eigenvalue weighted by Gasteiger charge is 2.52. The molecule has 3 aliphatic heterocycles. The third-order valence-electron chi connectivity index (χ3n) is 15.9. The summed E-state index contributed by atoms with van der Waals surface area (Å²) < 4.78 is 13.2. The average Bonchev–Trinajstić information content (AvgIpc) is 1.47. The SMILES string of the molecule is CC[C@@]1(OC(=O)[C@@H](NC(=O)[C@@H](N)CC(=O)NCc2ccc(C[C@@H]3NC(=O)C(Cc4ccccc4)NC(=O)[C@H](CC(=O)O)NC(=O)CNC(=O)[C@H](CCCNC(=N)N)NC3=O)cc2)C(C)C)C(=O)OCc2c1cc1n(c2=O)Cc2c-1nc1ccccc1c2/C=N/OC(C)(C)C. The predicted octanol–water partition coefficient (Wildman–Crippen LogP) is 0.546. The summed E-state index contributed by atoms with van der Waals surface area (Å²) in [5, 5.41) is 42.7. The van der Waals surface area contributed by atoms with Gasteiger partial charge < -0.3 is 78.0 Å². The quantitative estimate of drug-likeness (QED) is 0.0145. The topological polar surface area (TPSA) is 438 Å². The number of oxime groups is 1. The Kier molecular flexibility index (Phi) is 22.3. The number of para-hydroxylation sites is 1. The van der Waals surface area contributed by atoms with E-state index in [-0.39, 0.29) is 68.8 Å². The van der Waals surface area contributed by atoms with Crippen LogP contribution < -0.4 is 59.6 Å². The van der Waals surface area contributed by atoms with E-state index in [1.54, 1.807) is 87.6 Å². The van der Waals surface area contributed by atoms with Gasteiger partial charge in [-0.1, -0.05) is 98.7 Å². The number of benzene rings is 3. The van der Waals surface area contributed by atoms with Gasteiger partial charge in [-0.2, -0.15) is 0 Å². The molecule has 7 atom stereocenters. The second-order valence-electron chi connectivity index (χ2n) is 24.4. The fraction of sp³-hybridized carbons (Fsp3) is 0.415. The standard InChI is InChI=1S/C65H78N14O15/c1-7-65(42-26-49-54-40(32-79(49)60(89)41(42)33-92-62(65)91)39(30-72-94-64(4,5)6)38-16-11-12-17-44(38)74-54)93-61(90)53(34(2)3)78-55(84)43(66)27-50(80)70-29-37-21-19-36(20-22-37)25-47-57(86)75-45(18-13-23-69-63(67)68)56(85)71-31-51(81)73-48(28-52(82)83)59(88)77-46(58(87)76-47)24-35-14-9-8-10-15-35/h8-12,14-17,19-22,26,30,34,43,45-48,53H,7,13,18,23-25,27-29,31-33,66H2,1-6H3,(H,70,80)(H,71,85)(H,73,81)(H,75,86)(H,76,87)(H,77,88)(H,78,84)(H,82,83)(H4,67,68,69)/b72-30+/t43-,45-,46?,47-,48-,53-,65-/m0/s1. The number of pyridine rings is 2. The molecular formula is C65H78N14O15. The van der Waals surface area contributed by atoms with E-state index in [4.69, 9.17) is 36.2 Å². The van der Waals surface area contributed by atoms with Crippen LogP contribution in [0.5, 0.6) is 0 Å². The number of ether oxygens (including phenoxy) is 2. The van der Waals surface area contributed by atoms with Crippen molar-refractivity contribution in [1.82, 2.24) is 52.1 Å². The first kappa shape index (κ1) is 69.3. The summed E-state index contributed by atoms with van der Waals surface area (Å²) in [7, 11) is 0. The Balaban J connectivity index is 0.940. The van der Waals surface area contributed by atoms with Crippen LogP contribution in [0.3, 0.4) is 0 Å². The fourth-order valence-electron chi connectivity index (χ4n) is 11.0. The van der Waals surface area contributed by atoms with Crippen LogP contribution >= 0.6 is 0 Å². The van der Waals surface area contributed by atoms with Gasteiger partial charge >= 0.3 is 17.9 Å². The number of nitrogens with one attached hydrogen (secondary N) is 9. The molecule has 498 valence electrons. The average molecular weight is 1300 g/mol. The first-order valence-electron chi connectivity index (χ1n) is 30.7. The van der Waals surface area contributed by atoms with Gasteiger partial charge in [-0.25, -0.2) is 14.6 Å². The molecule has 1 fully saturated rings. The second kappa shape index (κ2) is 30.2. The fourth-order valence-corrected chi connectivity index (χ4v) is 11.0. The lowest BCUT2D eigenvalue weighted by Gasteiger charge is -2.37. The molecule has 94 heavy (non-hydrogen) atoms. The van der Waals surface area contributed by atoms with Crippen molar-refractivity contribution >= 4 is 82.3 Å². The van der Waals surface area contributed by atoms with Gasteiger partial charge in [0.2, 0.25) is 47.0 Å². The van der Waals surface area contributed by atoms with E-state index in [2.05, 4.69) is 47.7 Å². The van der Waals surface area contributed by atoms with E-state index < -0.39 is 144 Å². The third-order valence-corrected chi connectivity index (χ3v) is 15.9. The number of aromatic nitrogens is 2. The molecule has 1 saturated heterocycles. The van der Waals surface area contributed by atoms with E-state index in [1.807, 2.05) is 45.0 Å². The lowest BCUT2D eigenvalue weighted by molar-refractivity contribution is -0.191. The summed E-state index contributed by atoms with van der Waals surface area (Å²) in [6.07, 6.45) is -0.159. The molecule has 3 aromatic carbocycles. The van der Waals surface area contributed by atoms with Gasteiger partial charge in [0.25, 0.3) is 5.56 Å². The number of cyclic esters (lactones) is 1. The number of nitrogens with two attached hydrogens (primary N) is 2.